The first-order valence-electron chi connectivity index (χ1n) is 12.1. The van der Waals surface area contributed by atoms with Crippen LogP contribution in [0.25, 0.3) is 34.1 Å². The topological polar surface area (TPSA) is 40.5 Å². The molecule has 0 aliphatic rings. The third-order valence-corrected chi connectivity index (χ3v) is 6.78. The molecular weight excluding hydrogens is 517 g/mol. The van der Waals surface area contributed by atoms with Crippen LogP contribution in [0.4, 0.5) is 0 Å². The van der Waals surface area contributed by atoms with E-state index in [1.807, 2.05) is 71.4 Å². The number of hydrogen-bond acceptors (Lipinski definition) is 3. The van der Waals surface area contributed by atoms with Crippen LogP contribution in [-0.2, 0) is 22.7 Å². The maximum absolute atomic E-state index is 12.0. The van der Waals surface area contributed by atoms with Crippen molar-refractivity contribution in [1.29, 1.82) is 0 Å². The SMILES string of the molecule is COC(=O)Cn1cc(-c2ccc(Cl)cc2Cl)cc1/C=C/c1ccc2cc(OCc3ccccc3)ccc2c1. The second-order valence-electron chi connectivity index (χ2n) is 8.86. The quantitative estimate of drug-likeness (QED) is 0.185. The number of fused-ring (bicyclic) bond motifs is 1. The Morgan fingerprint density at radius 2 is 1.66 bits per heavy atom. The van der Waals surface area contributed by atoms with Crippen molar-refractivity contribution in [1.82, 2.24) is 4.57 Å². The number of carbonyl (C=O) groups excluding carboxylic acids is 1. The van der Waals surface area contributed by atoms with Crippen LogP contribution in [0.1, 0.15) is 16.8 Å². The van der Waals surface area contributed by atoms with Crippen LogP contribution in [0, 0.1) is 0 Å². The molecule has 5 aromatic rings. The lowest BCUT2D eigenvalue weighted by atomic mass is 10.1. The number of halogens is 2. The lowest BCUT2D eigenvalue weighted by Crippen LogP contribution is -2.11. The molecule has 6 heteroatoms. The molecule has 0 bridgehead atoms. The number of rotatable bonds is 8. The van der Waals surface area contributed by atoms with Crippen molar-refractivity contribution in [3.05, 3.63) is 124 Å². The molecule has 0 fully saturated rings. The zero-order valence-electron chi connectivity index (χ0n) is 20.7. The smallest absolute Gasteiger partial charge is 0.325 e. The summed E-state index contributed by atoms with van der Waals surface area (Å²) in [5.41, 5.74) is 4.74. The Morgan fingerprint density at radius 3 is 2.45 bits per heavy atom. The third kappa shape index (κ3) is 6.10. The van der Waals surface area contributed by atoms with Gasteiger partial charge in [0.2, 0.25) is 0 Å². The first kappa shape index (κ1) is 25.7. The van der Waals surface area contributed by atoms with Gasteiger partial charge in [0, 0.05) is 33.1 Å². The molecule has 0 spiro atoms. The van der Waals surface area contributed by atoms with Crippen LogP contribution in [-0.4, -0.2) is 17.6 Å². The third-order valence-electron chi connectivity index (χ3n) is 6.23. The predicted molar refractivity (Wildman–Crippen MR) is 156 cm³/mol. The van der Waals surface area contributed by atoms with E-state index in [9.17, 15) is 4.79 Å². The largest absolute Gasteiger partial charge is 0.489 e. The van der Waals surface area contributed by atoms with E-state index in [4.69, 9.17) is 32.7 Å². The van der Waals surface area contributed by atoms with E-state index in [1.165, 1.54) is 7.11 Å². The van der Waals surface area contributed by atoms with Crippen molar-refractivity contribution >= 4 is 52.1 Å². The fraction of sp³-hybridized carbons (Fsp3) is 0.0938. The van der Waals surface area contributed by atoms with Crippen LogP contribution < -0.4 is 4.74 Å². The number of hydrogen-bond donors (Lipinski definition) is 0. The summed E-state index contributed by atoms with van der Waals surface area (Å²) < 4.78 is 12.7. The Morgan fingerprint density at radius 1 is 0.868 bits per heavy atom. The number of nitrogens with zero attached hydrogens (tertiary/aromatic N) is 1. The van der Waals surface area contributed by atoms with Crippen LogP contribution in [0.3, 0.4) is 0 Å². The van der Waals surface area contributed by atoms with Crippen LogP contribution in [0.5, 0.6) is 5.75 Å². The summed E-state index contributed by atoms with van der Waals surface area (Å²) in [7, 11) is 1.38. The second-order valence-corrected chi connectivity index (χ2v) is 9.70. The highest BCUT2D eigenvalue weighted by Gasteiger charge is 2.12. The average molecular weight is 542 g/mol. The lowest BCUT2D eigenvalue weighted by Gasteiger charge is -2.08. The minimum Gasteiger partial charge on any atom is -0.489 e. The molecule has 4 aromatic carbocycles. The number of esters is 1. The molecule has 0 saturated heterocycles. The van der Waals surface area contributed by atoms with Gasteiger partial charge in [-0.2, -0.15) is 0 Å². The van der Waals surface area contributed by atoms with E-state index in [0.29, 0.717) is 16.7 Å². The minimum atomic E-state index is -0.333. The molecule has 0 unspecified atom stereocenters. The summed E-state index contributed by atoms with van der Waals surface area (Å²) >= 11 is 12.5. The van der Waals surface area contributed by atoms with E-state index >= 15 is 0 Å². The number of benzene rings is 4. The summed E-state index contributed by atoms with van der Waals surface area (Å²) in [6, 6.07) is 29.8. The van der Waals surface area contributed by atoms with Gasteiger partial charge in [0.05, 0.1) is 7.11 Å². The van der Waals surface area contributed by atoms with Gasteiger partial charge < -0.3 is 14.0 Å². The molecule has 0 amide bonds. The van der Waals surface area contributed by atoms with Gasteiger partial charge in [-0.15, -0.1) is 0 Å². The van der Waals surface area contributed by atoms with E-state index in [0.717, 1.165) is 44.5 Å². The highest BCUT2D eigenvalue weighted by atomic mass is 35.5. The maximum Gasteiger partial charge on any atom is 0.325 e. The van der Waals surface area contributed by atoms with E-state index in [1.54, 1.807) is 12.1 Å². The molecular formula is C32H25Cl2NO3. The maximum atomic E-state index is 12.0. The molecule has 1 aromatic heterocycles. The minimum absolute atomic E-state index is 0.0882. The van der Waals surface area contributed by atoms with E-state index in [2.05, 4.69) is 30.3 Å². The average Bonchev–Trinajstić information content (AvgIpc) is 3.32. The molecule has 190 valence electrons. The summed E-state index contributed by atoms with van der Waals surface area (Å²) in [6.07, 6.45) is 5.90. The van der Waals surface area contributed by atoms with Gasteiger partial charge in [-0.3, -0.25) is 4.79 Å². The molecule has 5 rings (SSSR count). The fourth-order valence-corrected chi connectivity index (χ4v) is 4.75. The first-order valence-corrected chi connectivity index (χ1v) is 12.8. The summed E-state index contributed by atoms with van der Waals surface area (Å²) in [6.45, 7) is 0.618. The van der Waals surface area contributed by atoms with Gasteiger partial charge >= 0.3 is 5.97 Å². The molecule has 0 N–H and O–H groups in total. The van der Waals surface area contributed by atoms with Crippen LogP contribution in [0.2, 0.25) is 10.0 Å². The zero-order chi connectivity index (χ0) is 26.5. The normalized spacial score (nSPS) is 11.2. The molecule has 0 aliphatic carbocycles. The Bertz CT molecular complexity index is 1620. The van der Waals surface area contributed by atoms with Crippen molar-refractivity contribution in [3.63, 3.8) is 0 Å². The molecule has 0 saturated carbocycles. The Hall–Kier alpha value is -3.99. The van der Waals surface area contributed by atoms with Gasteiger partial charge in [0.15, 0.2) is 0 Å². The highest BCUT2D eigenvalue weighted by molar-refractivity contribution is 6.36. The van der Waals surface area contributed by atoms with Gasteiger partial charge in [-0.05, 0) is 64.4 Å². The number of aromatic nitrogens is 1. The summed E-state index contributed by atoms with van der Waals surface area (Å²) in [4.78, 5) is 12.0. The van der Waals surface area contributed by atoms with Crippen molar-refractivity contribution < 1.29 is 14.3 Å². The van der Waals surface area contributed by atoms with Crippen molar-refractivity contribution in [2.75, 3.05) is 7.11 Å². The molecule has 0 radical (unpaired) electrons. The molecule has 0 aliphatic heterocycles. The van der Waals surface area contributed by atoms with Gasteiger partial charge in [0.25, 0.3) is 0 Å². The Labute approximate surface area is 231 Å². The highest BCUT2D eigenvalue weighted by Crippen LogP contribution is 2.32. The zero-order valence-corrected chi connectivity index (χ0v) is 22.2. The number of ether oxygens (including phenoxy) is 2. The second kappa shape index (κ2) is 11.6. The Balaban J connectivity index is 1.38. The molecule has 4 nitrogen and oxygen atoms in total. The van der Waals surface area contributed by atoms with Gasteiger partial charge in [-0.25, -0.2) is 0 Å². The fourth-order valence-electron chi connectivity index (χ4n) is 4.24. The molecule has 38 heavy (non-hydrogen) atoms. The van der Waals surface area contributed by atoms with Crippen molar-refractivity contribution in [2.45, 2.75) is 13.2 Å². The summed E-state index contributed by atoms with van der Waals surface area (Å²) in [5, 5.41) is 3.32. The van der Waals surface area contributed by atoms with Crippen molar-refractivity contribution in [3.8, 4) is 16.9 Å². The first-order chi connectivity index (χ1) is 18.5. The summed E-state index contributed by atoms with van der Waals surface area (Å²) in [5.74, 6) is 0.499. The Kier molecular flexibility index (Phi) is 7.83. The van der Waals surface area contributed by atoms with Gasteiger partial charge in [-0.1, -0.05) is 83.9 Å². The predicted octanol–water partition coefficient (Wildman–Crippen LogP) is 8.54. The van der Waals surface area contributed by atoms with Crippen LogP contribution >= 0.6 is 23.2 Å². The molecule has 1 heterocycles. The molecule has 0 atom stereocenters. The van der Waals surface area contributed by atoms with E-state index < -0.39 is 0 Å². The van der Waals surface area contributed by atoms with Gasteiger partial charge in [0.1, 0.15) is 18.9 Å². The monoisotopic (exact) mass is 541 g/mol. The number of carbonyl (C=O) groups is 1. The van der Waals surface area contributed by atoms with E-state index in [-0.39, 0.29) is 12.5 Å². The lowest BCUT2D eigenvalue weighted by molar-refractivity contribution is -0.141. The number of methoxy groups -OCH3 is 1. The standard InChI is InChI=1S/C32H25Cl2NO3/c1-37-32(36)20-35-19-26(30-14-11-27(33)18-31(30)34)16-28(35)12-8-22-7-9-25-17-29(13-10-24(25)15-22)38-21-23-5-3-2-4-6-23/h2-19H,20-21H2,1H3/b12-8+. The van der Waals surface area contributed by atoms with Crippen LogP contribution in [0.15, 0.2) is 97.2 Å². The van der Waals surface area contributed by atoms with Crippen molar-refractivity contribution in [2.24, 2.45) is 0 Å².